The number of carbonyl (C=O) groups is 1. The summed E-state index contributed by atoms with van der Waals surface area (Å²) >= 11 is 3.51. The number of amides is 1. The lowest BCUT2D eigenvalue weighted by Gasteiger charge is -2.27. The van der Waals surface area contributed by atoms with E-state index < -0.39 is 0 Å². The van der Waals surface area contributed by atoms with Crippen LogP contribution >= 0.6 is 28.3 Å². The molecule has 1 fully saturated rings. The quantitative estimate of drug-likeness (QED) is 0.718. The SMILES string of the molecule is CCOc1ccc(Br)cc1CN(C(=O)C(C)CNC)C1CC1.Cl. The maximum Gasteiger partial charge on any atom is 0.227 e. The third-order valence-electron chi connectivity index (χ3n) is 3.87. The van der Waals surface area contributed by atoms with E-state index in [1.165, 1.54) is 0 Å². The number of carbonyl (C=O) groups excluding carboxylic acids is 1. The highest BCUT2D eigenvalue weighted by Gasteiger charge is 2.34. The Balaban J connectivity index is 0.00000264. The van der Waals surface area contributed by atoms with E-state index in [1.54, 1.807) is 0 Å². The summed E-state index contributed by atoms with van der Waals surface area (Å²) in [6.07, 6.45) is 2.21. The molecule has 0 aliphatic heterocycles. The molecule has 0 saturated heterocycles. The van der Waals surface area contributed by atoms with Gasteiger partial charge >= 0.3 is 0 Å². The molecule has 1 aliphatic carbocycles. The minimum atomic E-state index is -0.00621. The zero-order chi connectivity index (χ0) is 16.1. The second-order valence-electron chi connectivity index (χ2n) is 5.84. The third kappa shape index (κ3) is 5.66. The van der Waals surface area contributed by atoms with Crippen LogP contribution in [0.25, 0.3) is 0 Å². The van der Waals surface area contributed by atoms with Crippen molar-refractivity contribution in [2.45, 2.75) is 39.3 Å². The highest BCUT2D eigenvalue weighted by molar-refractivity contribution is 9.10. The number of hydrogen-bond acceptors (Lipinski definition) is 3. The first-order valence-corrected chi connectivity index (χ1v) is 8.72. The van der Waals surface area contributed by atoms with Crippen LogP contribution in [0.3, 0.4) is 0 Å². The fraction of sp³-hybridized carbons (Fsp3) is 0.588. The van der Waals surface area contributed by atoms with Gasteiger partial charge in [-0.25, -0.2) is 0 Å². The molecule has 23 heavy (non-hydrogen) atoms. The van der Waals surface area contributed by atoms with Gasteiger partial charge in [0.15, 0.2) is 0 Å². The van der Waals surface area contributed by atoms with Gasteiger partial charge in [0.05, 0.1) is 6.61 Å². The Bertz CT molecular complexity index is 523. The number of benzene rings is 1. The Morgan fingerprint density at radius 3 is 2.74 bits per heavy atom. The van der Waals surface area contributed by atoms with E-state index in [1.807, 2.05) is 37.9 Å². The lowest BCUT2D eigenvalue weighted by molar-refractivity contribution is -0.136. The second-order valence-corrected chi connectivity index (χ2v) is 6.76. The fourth-order valence-electron chi connectivity index (χ4n) is 2.60. The molecule has 1 saturated carbocycles. The number of rotatable bonds is 8. The van der Waals surface area contributed by atoms with E-state index in [9.17, 15) is 4.79 Å². The zero-order valence-corrected chi connectivity index (χ0v) is 16.4. The molecule has 130 valence electrons. The van der Waals surface area contributed by atoms with Crippen LogP contribution in [0.15, 0.2) is 22.7 Å². The average molecular weight is 406 g/mol. The summed E-state index contributed by atoms with van der Waals surface area (Å²) in [5.74, 6) is 1.08. The predicted octanol–water partition coefficient (Wildman–Crippen LogP) is 3.62. The number of halogens is 2. The topological polar surface area (TPSA) is 41.6 Å². The first-order valence-electron chi connectivity index (χ1n) is 7.93. The number of nitrogens with one attached hydrogen (secondary N) is 1. The molecule has 1 amide bonds. The van der Waals surface area contributed by atoms with Crippen molar-refractivity contribution in [1.82, 2.24) is 10.2 Å². The van der Waals surface area contributed by atoms with Crippen molar-refractivity contribution >= 4 is 34.2 Å². The molecule has 1 aliphatic rings. The summed E-state index contributed by atoms with van der Waals surface area (Å²) in [5, 5.41) is 3.09. The molecule has 2 rings (SSSR count). The van der Waals surface area contributed by atoms with Crippen molar-refractivity contribution in [3.8, 4) is 5.75 Å². The summed E-state index contributed by atoms with van der Waals surface area (Å²) in [7, 11) is 1.88. The molecule has 0 bridgehead atoms. The van der Waals surface area contributed by atoms with Crippen molar-refractivity contribution in [3.05, 3.63) is 28.2 Å². The van der Waals surface area contributed by atoms with Gasteiger partial charge in [-0.05, 0) is 45.0 Å². The first kappa shape index (κ1) is 20.3. The summed E-state index contributed by atoms with van der Waals surface area (Å²) in [6, 6.07) is 6.38. The normalized spacial score (nSPS) is 14.8. The van der Waals surface area contributed by atoms with E-state index in [0.717, 1.165) is 28.6 Å². The summed E-state index contributed by atoms with van der Waals surface area (Å²) in [6.45, 7) is 5.91. The molecule has 1 N–H and O–H groups in total. The summed E-state index contributed by atoms with van der Waals surface area (Å²) in [4.78, 5) is 14.7. The van der Waals surface area contributed by atoms with Crippen molar-refractivity contribution in [2.75, 3.05) is 20.2 Å². The van der Waals surface area contributed by atoms with E-state index in [4.69, 9.17) is 4.74 Å². The van der Waals surface area contributed by atoms with Crippen LogP contribution in [-0.2, 0) is 11.3 Å². The van der Waals surface area contributed by atoms with Crippen molar-refractivity contribution in [1.29, 1.82) is 0 Å². The standard InChI is InChI=1S/C17H25BrN2O2.ClH/c1-4-22-16-8-5-14(18)9-13(16)11-20(15-6-7-15)17(21)12(2)10-19-3;/h5,8-9,12,15,19H,4,6-7,10-11H2,1-3H3;1H. The zero-order valence-electron chi connectivity index (χ0n) is 14.0. The van der Waals surface area contributed by atoms with Crippen molar-refractivity contribution in [2.24, 2.45) is 5.92 Å². The molecular formula is C17H26BrClN2O2. The molecule has 0 radical (unpaired) electrons. The molecule has 0 spiro atoms. The van der Waals surface area contributed by atoms with Gasteiger partial charge in [-0.15, -0.1) is 12.4 Å². The predicted molar refractivity (Wildman–Crippen MR) is 99.2 cm³/mol. The van der Waals surface area contributed by atoms with Crippen LogP contribution in [0.2, 0.25) is 0 Å². The Kier molecular flexibility index (Phi) is 8.37. The Morgan fingerprint density at radius 1 is 1.48 bits per heavy atom. The van der Waals surface area contributed by atoms with Crippen LogP contribution in [0.5, 0.6) is 5.75 Å². The molecule has 0 aromatic heterocycles. The molecule has 1 unspecified atom stereocenters. The Hall–Kier alpha value is -0.780. The lowest BCUT2D eigenvalue weighted by Crippen LogP contribution is -2.39. The minimum Gasteiger partial charge on any atom is -0.494 e. The second kappa shape index (κ2) is 9.50. The van der Waals surface area contributed by atoms with E-state index in [2.05, 4.69) is 27.3 Å². The monoisotopic (exact) mass is 404 g/mol. The van der Waals surface area contributed by atoms with Gasteiger partial charge in [-0.2, -0.15) is 0 Å². The maximum absolute atomic E-state index is 12.7. The number of nitrogens with zero attached hydrogens (tertiary/aromatic N) is 1. The van der Waals surface area contributed by atoms with Gasteiger partial charge in [0.1, 0.15) is 5.75 Å². The largest absolute Gasteiger partial charge is 0.494 e. The van der Waals surface area contributed by atoms with Crippen LogP contribution in [-0.4, -0.2) is 37.0 Å². The maximum atomic E-state index is 12.7. The molecule has 4 nitrogen and oxygen atoms in total. The molecule has 1 aromatic carbocycles. The van der Waals surface area contributed by atoms with Gasteiger partial charge in [-0.1, -0.05) is 22.9 Å². The van der Waals surface area contributed by atoms with Crippen LogP contribution in [0.4, 0.5) is 0 Å². The van der Waals surface area contributed by atoms with Gasteiger partial charge in [-0.3, -0.25) is 4.79 Å². The minimum absolute atomic E-state index is 0. The number of hydrogen-bond donors (Lipinski definition) is 1. The summed E-state index contributed by atoms with van der Waals surface area (Å²) < 4.78 is 6.72. The highest BCUT2D eigenvalue weighted by Crippen LogP contribution is 2.32. The Morgan fingerprint density at radius 2 is 2.17 bits per heavy atom. The molecule has 1 aromatic rings. The summed E-state index contributed by atoms with van der Waals surface area (Å²) in [5.41, 5.74) is 1.06. The molecule has 1 atom stereocenters. The number of ether oxygens (including phenoxy) is 1. The lowest BCUT2D eigenvalue weighted by atomic mass is 10.1. The fourth-order valence-corrected chi connectivity index (χ4v) is 3.01. The van der Waals surface area contributed by atoms with E-state index >= 15 is 0 Å². The van der Waals surface area contributed by atoms with Crippen molar-refractivity contribution in [3.63, 3.8) is 0 Å². The van der Waals surface area contributed by atoms with Gasteiger partial charge in [0.25, 0.3) is 0 Å². The van der Waals surface area contributed by atoms with Crippen LogP contribution < -0.4 is 10.1 Å². The third-order valence-corrected chi connectivity index (χ3v) is 4.36. The van der Waals surface area contributed by atoms with Gasteiger partial charge < -0.3 is 15.0 Å². The average Bonchev–Trinajstić information content (AvgIpc) is 3.31. The van der Waals surface area contributed by atoms with Crippen LogP contribution in [0.1, 0.15) is 32.3 Å². The molecular weight excluding hydrogens is 380 g/mol. The molecule has 0 heterocycles. The Labute approximate surface area is 153 Å². The van der Waals surface area contributed by atoms with Gasteiger partial charge in [0, 0.05) is 35.1 Å². The van der Waals surface area contributed by atoms with E-state index in [-0.39, 0.29) is 24.2 Å². The smallest absolute Gasteiger partial charge is 0.227 e. The van der Waals surface area contributed by atoms with E-state index in [0.29, 0.717) is 25.7 Å². The van der Waals surface area contributed by atoms with Crippen molar-refractivity contribution < 1.29 is 9.53 Å². The van der Waals surface area contributed by atoms with Gasteiger partial charge in [0.2, 0.25) is 5.91 Å². The van der Waals surface area contributed by atoms with Crippen LogP contribution in [0, 0.1) is 5.92 Å². The highest BCUT2D eigenvalue weighted by atomic mass is 79.9. The first-order chi connectivity index (χ1) is 10.6. The molecule has 6 heteroatoms.